The van der Waals surface area contributed by atoms with Crippen molar-refractivity contribution in [3.8, 4) is 11.1 Å². The van der Waals surface area contributed by atoms with Crippen molar-refractivity contribution in [2.45, 2.75) is 19.4 Å². The normalized spacial score (nSPS) is 18.3. The lowest BCUT2D eigenvalue weighted by Gasteiger charge is -2.29. The van der Waals surface area contributed by atoms with E-state index in [9.17, 15) is 4.79 Å². The number of anilines is 3. The second-order valence-corrected chi connectivity index (χ2v) is 8.42. The summed E-state index contributed by atoms with van der Waals surface area (Å²) in [6, 6.07) is 20.0. The zero-order valence-corrected chi connectivity index (χ0v) is 17.6. The molecule has 0 saturated carbocycles. The molecule has 5 heteroatoms. The maximum absolute atomic E-state index is 11.7. The third kappa shape index (κ3) is 3.45. The van der Waals surface area contributed by atoms with Gasteiger partial charge in [0.15, 0.2) is 0 Å². The van der Waals surface area contributed by atoms with Crippen molar-refractivity contribution in [2.24, 2.45) is 0 Å². The van der Waals surface area contributed by atoms with Crippen LogP contribution in [0.3, 0.4) is 0 Å². The zero-order valence-electron chi connectivity index (χ0n) is 17.6. The summed E-state index contributed by atoms with van der Waals surface area (Å²) in [6.07, 6.45) is 0.983. The molecular weight excluding hydrogens is 372 g/mol. The summed E-state index contributed by atoms with van der Waals surface area (Å²) >= 11 is 0. The van der Waals surface area contributed by atoms with Gasteiger partial charge in [0.05, 0.1) is 11.4 Å². The first-order valence-electron chi connectivity index (χ1n) is 10.7. The number of rotatable bonds is 3. The monoisotopic (exact) mass is 400 g/mol. The molecule has 5 nitrogen and oxygen atoms in total. The summed E-state index contributed by atoms with van der Waals surface area (Å²) in [5, 5.41) is 9.66. The molecule has 0 aliphatic carbocycles. The summed E-state index contributed by atoms with van der Waals surface area (Å²) < 4.78 is 0. The fourth-order valence-corrected chi connectivity index (χ4v) is 4.68. The van der Waals surface area contributed by atoms with Crippen LogP contribution in [0.5, 0.6) is 0 Å². The van der Waals surface area contributed by atoms with Gasteiger partial charge in [0.25, 0.3) is 0 Å². The Morgan fingerprint density at radius 2 is 1.97 bits per heavy atom. The highest BCUT2D eigenvalue weighted by Gasteiger charge is 2.24. The van der Waals surface area contributed by atoms with Crippen LogP contribution in [-0.2, 0) is 4.79 Å². The maximum Gasteiger partial charge on any atom is 0.219 e. The van der Waals surface area contributed by atoms with Gasteiger partial charge < -0.3 is 20.4 Å². The smallest absolute Gasteiger partial charge is 0.219 e. The molecule has 1 atom stereocenters. The number of likely N-dealkylation sites (N-methyl/N-ethyl adjacent to an activating group) is 1. The Labute approximate surface area is 177 Å². The van der Waals surface area contributed by atoms with Crippen LogP contribution in [0, 0.1) is 0 Å². The number of amides is 1. The predicted octanol–water partition coefficient (Wildman–Crippen LogP) is 4.40. The summed E-state index contributed by atoms with van der Waals surface area (Å²) in [6.45, 7) is 5.24. The first-order chi connectivity index (χ1) is 14.6. The Morgan fingerprint density at radius 3 is 2.80 bits per heavy atom. The highest BCUT2D eigenvalue weighted by Crippen LogP contribution is 2.37. The average Bonchev–Trinajstić information content (AvgIpc) is 3.22. The number of likely N-dealkylation sites (tertiary alicyclic amines) is 1. The van der Waals surface area contributed by atoms with Gasteiger partial charge in [-0.15, -0.1) is 0 Å². The van der Waals surface area contributed by atoms with Crippen molar-refractivity contribution in [1.82, 2.24) is 4.90 Å². The Morgan fingerprint density at radius 1 is 1.10 bits per heavy atom. The molecule has 3 aromatic rings. The highest BCUT2D eigenvalue weighted by molar-refractivity contribution is 6.00. The first-order valence-corrected chi connectivity index (χ1v) is 10.7. The second-order valence-electron chi connectivity index (χ2n) is 8.42. The number of carbonyl (C=O) groups is 1. The van der Waals surface area contributed by atoms with Crippen LogP contribution in [0.15, 0.2) is 54.6 Å². The lowest BCUT2D eigenvalue weighted by Crippen LogP contribution is -2.30. The van der Waals surface area contributed by atoms with Gasteiger partial charge in [-0.25, -0.2) is 0 Å². The van der Waals surface area contributed by atoms with E-state index in [1.165, 1.54) is 33.3 Å². The number of benzene rings is 3. The van der Waals surface area contributed by atoms with Gasteiger partial charge in [0, 0.05) is 51.9 Å². The van der Waals surface area contributed by atoms with Crippen LogP contribution in [-0.4, -0.2) is 50.1 Å². The Hall–Kier alpha value is -3.21. The van der Waals surface area contributed by atoms with E-state index >= 15 is 0 Å². The molecule has 2 heterocycles. The van der Waals surface area contributed by atoms with E-state index in [1.54, 1.807) is 6.92 Å². The Bertz CT molecular complexity index is 1110. The van der Waals surface area contributed by atoms with Crippen molar-refractivity contribution >= 4 is 33.7 Å². The maximum atomic E-state index is 11.7. The van der Waals surface area contributed by atoms with E-state index in [-0.39, 0.29) is 5.91 Å². The molecule has 30 heavy (non-hydrogen) atoms. The van der Waals surface area contributed by atoms with Crippen LogP contribution in [0.4, 0.5) is 17.1 Å². The predicted molar refractivity (Wildman–Crippen MR) is 125 cm³/mol. The van der Waals surface area contributed by atoms with E-state index in [1.807, 2.05) is 4.90 Å². The van der Waals surface area contributed by atoms with Gasteiger partial charge in [-0.2, -0.15) is 0 Å². The van der Waals surface area contributed by atoms with E-state index < -0.39 is 0 Å². The van der Waals surface area contributed by atoms with Crippen LogP contribution in [0.25, 0.3) is 21.9 Å². The quantitative estimate of drug-likeness (QED) is 0.684. The van der Waals surface area contributed by atoms with Crippen molar-refractivity contribution < 1.29 is 4.79 Å². The summed E-state index contributed by atoms with van der Waals surface area (Å²) in [7, 11) is 2.15. The molecular formula is C25H28N4O. The molecule has 2 aliphatic rings. The van der Waals surface area contributed by atoms with Crippen molar-refractivity contribution in [1.29, 1.82) is 0 Å². The molecule has 0 spiro atoms. The molecule has 5 rings (SSSR count). The molecule has 2 aliphatic heterocycles. The molecule has 3 aromatic carbocycles. The van der Waals surface area contributed by atoms with Gasteiger partial charge in [-0.1, -0.05) is 30.3 Å². The number of nitrogens with one attached hydrogen (secondary N) is 2. The summed E-state index contributed by atoms with van der Waals surface area (Å²) in [4.78, 5) is 15.9. The SMILES string of the molecule is CC(=O)N1CC[C@H](Nc2cc(-c3ccc4c(c3)N(C)CCN4)c3ccccc3c2)C1. The van der Waals surface area contributed by atoms with E-state index in [0.29, 0.717) is 6.04 Å². The molecule has 0 bridgehead atoms. The molecule has 1 amide bonds. The van der Waals surface area contributed by atoms with Crippen molar-refractivity contribution in [3.05, 3.63) is 54.6 Å². The Balaban J connectivity index is 1.53. The van der Waals surface area contributed by atoms with E-state index in [0.717, 1.165) is 38.3 Å². The standard InChI is InChI=1S/C25H28N4O/c1-17(30)29-11-9-20(16-29)27-21-13-18-5-3-4-6-22(18)23(15-21)19-7-8-24-25(14-19)28(2)12-10-26-24/h3-8,13-15,20,26-27H,9-12,16H2,1-2H3/t20-/m0/s1. The van der Waals surface area contributed by atoms with Gasteiger partial charge in [0.1, 0.15) is 0 Å². The zero-order chi connectivity index (χ0) is 20.7. The van der Waals surface area contributed by atoms with Crippen LogP contribution in [0.2, 0.25) is 0 Å². The lowest BCUT2D eigenvalue weighted by molar-refractivity contribution is -0.127. The largest absolute Gasteiger partial charge is 0.382 e. The summed E-state index contributed by atoms with van der Waals surface area (Å²) in [5.41, 5.74) is 6.01. The van der Waals surface area contributed by atoms with Gasteiger partial charge in [-0.3, -0.25) is 4.79 Å². The van der Waals surface area contributed by atoms with Crippen molar-refractivity contribution in [2.75, 3.05) is 48.8 Å². The van der Waals surface area contributed by atoms with Gasteiger partial charge in [-0.05, 0) is 52.6 Å². The lowest BCUT2D eigenvalue weighted by atomic mass is 9.96. The van der Waals surface area contributed by atoms with Crippen LogP contribution in [0.1, 0.15) is 13.3 Å². The number of carbonyl (C=O) groups excluding carboxylic acids is 1. The molecule has 0 aromatic heterocycles. The third-order valence-electron chi connectivity index (χ3n) is 6.35. The third-order valence-corrected chi connectivity index (χ3v) is 6.35. The number of fused-ring (bicyclic) bond motifs is 2. The molecule has 2 N–H and O–H groups in total. The van der Waals surface area contributed by atoms with Gasteiger partial charge >= 0.3 is 0 Å². The van der Waals surface area contributed by atoms with Crippen molar-refractivity contribution in [3.63, 3.8) is 0 Å². The number of nitrogens with zero attached hydrogens (tertiary/aromatic N) is 2. The molecule has 1 fully saturated rings. The Kier molecular flexibility index (Phi) is 4.74. The van der Waals surface area contributed by atoms with Crippen LogP contribution >= 0.6 is 0 Å². The van der Waals surface area contributed by atoms with E-state index in [4.69, 9.17) is 0 Å². The minimum Gasteiger partial charge on any atom is -0.382 e. The fourth-order valence-electron chi connectivity index (χ4n) is 4.68. The van der Waals surface area contributed by atoms with Crippen LogP contribution < -0.4 is 15.5 Å². The molecule has 0 radical (unpaired) electrons. The molecule has 1 saturated heterocycles. The minimum atomic E-state index is 0.158. The highest BCUT2D eigenvalue weighted by atomic mass is 16.2. The summed E-state index contributed by atoms with van der Waals surface area (Å²) in [5.74, 6) is 0.158. The number of hydrogen-bond acceptors (Lipinski definition) is 4. The molecule has 0 unspecified atom stereocenters. The first kappa shape index (κ1) is 18.8. The average molecular weight is 401 g/mol. The van der Waals surface area contributed by atoms with Gasteiger partial charge in [0.2, 0.25) is 5.91 Å². The van der Waals surface area contributed by atoms with E-state index in [2.05, 4.69) is 77.2 Å². The molecule has 154 valence electrons. The topological polar surface area (TPSA) is 47.6 Å². The number of hydrogen-bond donors (Lipinski definition) is 2. The fraction of sp³-hybridized carbons (Fsp3) is 0.320. The second kappa shape index (κ2) is 7.56. The minimum absolute atomic E-state index is 0.158.